The van der Waals surface area contributed by atoms with Gasteiger partial charge in [-0.25, -0.2) is 0 Å². The highest BCUT2D eigenvalue weighted by atomic mass is 35.5. The molecule has 0 saturated heterocycles. The van der Waals surface area contributed by atoms with Crippen LogP contribution in [0.3, 0.4) is 0 Å². The van der Waals surface area contributed by atoms with Crippen LogP contribution in [0.25, 0.3) is 0 Å². The number of amides is 1. The summed E-state index contributed by atoms with van der Waals surface area (Å²) in [5, 5.41) is 2.77. The van der Waals surface area contributed by atoms with Crippen LogP contribution in [-0.4, -0.2) is 18.3 Å². The summed E-state index contributed by atoms with van der Waals surface area (Å²) in [6, 6.07) is 10.6. The molecule has 2 rings (SSSR count). The minimum Gasteiger partial charge on any atom is -0.492 e. The van der Waals surface area contributed by atoms with Crippen molar-refractivity contribution in [3.05, 3.63) is 45.6 Å². The van der Waals surface area contributed by atoms with E-state index in [0.717, 1.165) is 0 Å². The fourth-order valence-electron chi connectivity index (χ4n) is 1.88. The van der Waals surface area contributed by atoms with Crippen LogP contribution in [0.1, 0.15) is 29.4 Å². The number of carbonyl (C=O) groups excluding carboxylic acids is 2. The number of carbonyl (C=O) groups is 2. The molecule has 1 heterocycles. The topological polar surface area (TPSA) is 55.4 Å². The van der Waals surface area contributed by atoms with Gasteiger partial charge in [0.05, 0.1) is 21.5 Å². The van der Waals surface area contributed by atoms with Crippen molar-refractivity contribution < 1.29 is 14.3 Å². The van der Waals surface area contributed by atoms with Gasteiger partial charge in [0, 0.05) is 12.8 Å². The summed E-state index contributed by atoms with van der Waals surface area (Å²) in [6.45, 7) is 2.40. The van der Waals surface area contributed by atoms with Crippen LogP contribution < -0.4 is 10.1 Å². The van der Waals surface area contributed by atoms with Gasteiger partial charge in [-0.05, 0) is 31.2 Å². The third-order valence-corrected chi connectivity index (χ3v) is 4.16. The predicted molar refractivity (Wildman–Crippen MR) is 89.1 cm³/mol. The van der Waals surface area contributed by atoms with E-state index in [0.29, 0.717) is 27.3 Å². The lowest BCUT2D eigenvalue weighted by atomic mass is 10.2. The zero-order chi connectivity index (χ0) is 15.9. The fourth-order valence-corrected chi connectivity index (χ4v) is 2.89. The molecule has 1 aromatic carbocycles. The average Bonchev–Trinajstić information content (AvgIpc) is 2.94. The summed E-state index contributed by atoms with van der Waals surface area (Å²) >= 11 is 7.02. The van der Waals surface area contributed by atoms with Crippen LogP contribution >= 0.6 is 22.9 Å². The first-order valence-corrected chi connectivity index (χ1v) is 8.09. The number of nitrogens with one attached hydrogen (secondary N) is 1. The van der Waals surface area contributed by atoms with E-state index < -0.39 is 0 Å². The van der Waals surface area contributed by atoms with Gasteiger partial charge < -0.3 is 10.1 Å². The summed E-state index contributed by atoms with van der Waals surface area (Å²) in [5.74, 6) is 0.322. The van der Waals surface area contributed by atoms with Crippen LogP contribution in [0.15, 0.2) is 36.4 Å². The summed E-state index contributed by atoms with van der Waals surface area (Å²) < 4.78 is 6.01. The van der Waals surface area contributed by atoms with Crippen LogP contribution in [0, 0.1) is 0 Å². The molecule has 1 amide bonds. The molecule has 0 aliphatic carbocycles. The largest absolute Gasteiger partial charge is 0.492 e. The number of anilines is 1. The van der Waals surface area contributed by atoms with Crippen molar-refractivity contribution in [3.8, 4) is 5.75 Å². The predicted octanol–water partition coefficient (Wildman–Crippen LogP) is 4.40. The Kier molecular flexibility index (Phi) is 5.98. The van der Waals surface area contributed by atoms with E-state index in [4.69, 9.17) is 16.3 Å². The second-order valence-electron chi connectivity index (χ2n) is 4.50. The first-order chi connectivity index (χ1) is 10.6. The van der Waals surface area contributed by atoms with Gasteiger partial charge in [-0.15, -0.1) is 11.3 Å². The number of halogens is 1. The lowest BCUT2D eigenvalue weighted by Gasteiger charge is -2.10. The Morgan fingerprint density at radius 3 is 2.64 bits per heavy atom. The number of rotatable bonds is 7. The molecule has 0 radical (unpaired) electrons. The van der Waals surface area contributed by atoms with Crippen molar-refractivity contribution >= 4 is 40.3 Å². The molecular formula is C16H16ClNO3S. The van der Waals surface area contributed by atoms with Crippen LogP contribution in [0.4, 0.5) is 5.69 Å². The molecular weight excluding hydrogens is 322 g/mol. The summed E-state index contributed by atoms with van der Waals surface area (Å²) in [6.07, 6.45) is 0.272. The van der Waals surface area contributed by atoms with E-state index >= 15 is 0 Å². The number of benzene rings is 1. The second-order valence-corrected chi connectivity index (χ2v) is 6.22. The van der Waals surface area contributed by atoms with Gasteiger partial charge in [0.1, 0.15) is 5.75 Å². The van der Waals surface area contributed by atoms with E-state index in [-0.39, 0.29) is 24.5 Å². The number of thiophene rings is 1. The number of para-hydroxylation sites is 2. The maximum atomic E-state index is 12.0. The summed E-state index contributed by atoms with van der Waals surface area (Å²) in [7, 11) is 0. The molecule has 1 aromatic heterocycles. The summed E-state index contributed by atoms with van der Waals surface area (Å²) in [4.78, 5) is 24.5. The molecule has 0 fully saturated rings. The third-order valence-electron chi connectivity index (χ3n) is 2.89. The average molecular weight is 338 g/mol. The lowest BCUT2D eigenvalue weighted by Crippen LogP contribution is -2.14. The Morgan fingerprint density at radius 1 is 1.18 bits per heavy atom. The Labute approximate surface area is 138 Å². The summed E-state index contributed by atoms with van der Waals surface area (Å²) in [5.41, 5.74) is 0.612. The molecule has 0 spiro atoms. The first kappa shape index (κ1) is 16.5. The first-order valence-electron chi connectivity index (χ1n) is 6.90. The highest BCUT2D eigenvalue weighted by Gasteiger charge is 2.12. The molecule has 0 unspecified atom stereocenters. The van der Waals surface area contributed by atoms with Crippen molar-refractivity contribution in [2.75, 3.05) is 11.9 Å². The standard InChI is InChI=1S/C16H16ClNO3S/c1-2-21-13-6-4-3-5-11(13)18-16(20)10-7-12(19)14-8-9-15(17)22-14/h3-6,8-9H,2,7,10H2,1H3,(H,18,20). The highest BCUT2D eigenvalue weighted by Crippen LogP contribution is 2.25. The van der Waals surface area contributed by atoms with Crippen molar-refractivity contribution in [1.82, 2.24) is 0 Å². The van der Waals surface area contributed by atoms with E-state index in [1.807, 2.05) is 19.1 Å². The minimum atomic E-state index is -0.219. The Hall–Kier alpha value is -1.85. The number of hydrogen-bond donors (Lipinski definition) is 1. The van der Waals surface area contributed by atoms with Crippen molar-refractivity contribution in [2.24, 2.45) is 0 Å². The third kappa shape index (κ3) is 4.58. The maximum Gasteiger partial charge on any atom is 0.224 e. The number of hydrogen-bond acceptors (Lipinski definition) is 4. The van der Waals surface area contributed by atoms with E-state index in [2.05, 4.69) is 5.32 Å². The molecule has 1 N–H and O–H groups in total. The van der Waals surface area contributed by atoms with Crippen LogP contribution in [-0.2, 0) is 4.79 Å². The molecule has 22 heavy (non-hydrogen) atoms. The van der Waals surface area contributed by atoms with Crippen molar-refractivity contribution in [2.45, 2.75) is 19.8 Å². The SMILES string of the molecule is CCOc1ccccc1NC(=O)CCC(=O)c1ccc(Cl)s1. The van der Waals surface area contributed by atoms with Gasteiger partial charge in [0.2, 0.25) is 5.91 Å². The van der Waals surface area contributed by atoms with Crippen LogP contribution in [0.5, 0.6) is 5.75 Å². The van der Waals surface area contributed by atoms with Gasteiger partial charge in [-0.1, -0.05) is 23.7 Å². The number of Topliss-reactive ketones (excluding diaryl/α,β-unsaturated/α-hetero) is 1. The molecule has 0 aliphatic heterocycles. The minimum absolute atomic E-state index is 0.0786. The Morgan fingerprint density at radius 2 is 1.95 bits per heavy atom. The van der Waals surface area contributed by atoms with E-state index in [1.54, 1.807) is 24.3 Å². The van der Waals surface area contributed by atoms with Gasteiger partial charge in [-0.3, -0.25) is 9.59 Å². The number of ether oxygens (including phenoxy) is 1. The van der Waals surface area contributed by atoms with Crippen molar-refractivity contribution in [1.29, 1.82) is 0 Å². The molecule has 4 nitrogen and oxygen atoms in total. The van der Waals surface area contributed by atoms with Gasteiger partial charge in [-0.2, -0.15) is 0 Å². The van der Waals surface area contributed by atoms with Gasteiger partial charge in [0.25, 0.3) is 0 Å². The zero-order valence-electron chi connectivity index (χ0n) is 12.1. The lowest BCUT2D eigenvalue weighted by molar-refractivity contribution is -0.116. The molecule has 6 heteroatoms. The highest BCUT2D eigenvalue weighted by molar-refractivity contribution is 7.18. The molecule has 2 aromatic rings. The molecule has 0 saturated carbocycles. The molecule has 0 bridgehead atoms. The van der Waals surface area contributed by atoms with E-state index in [9.17, 15) is 9.59 Å². The Bertz CT molecular complexity index is 669. The maximum absolute atomic E-state index is 12.0. The molecule has 0 atom stereocenters. The smallest absolute Gasteiger partial charge is 0.224 e. The second kappa shape index (κ2) is 7.96. The van der Waals surface area contributed by atoms with Gasteiger partial charge in [0.15, 0.2) is 5.78 Å². The van der Waals surface area contributed by atoms with Gasteiger partial charge >= 0.3 is 0 Å². The fraction of sp³-hybridized carbons (Fsp3) is 0.250. The van der Waals surface area contributed by atoms with Crippen molar-refractivity contribution in [3.63, 3.8) is 0 Å². The zero-order valence-corrected chi connectivity index (χ0v) is 13.7. The molecule has 0 aliphatic rings. The Balaban J connectivity index is 1.89. The normalized spacial score (nSPS) is 10.3. The quantitative estimate of drug-likeness (QED) is 0.762. The monoisotopic (exact) mass is 337 g/mol. The number of ketones is 1. The van der Waals surface area contributed by atoms with Crippen LogP contribution in [0.2, 0.25) is 4.34 Å². The molecule has 116 valence electrons. The van der Waals surface area contributed by atoms with E-state index in [1.165, 1.54) is 11.3 Å².